The molecule has 1 aromatic carbocycles. The summed E-state index contributed by atoms with van der Waals surface area (Å²) in [5.74, 6) is -1.54. The zero-order valence-corrected chi connectivity index (χ0v) is 13.7. The molecule has 2 unspecified atom stereocenters. The van der Waals surface area contributed by atoms with Crippen molar-refractivity contribution in [1.29, 1.82) is 0 Å². The van der Waals surface area contributed by atoms with Gasteiger partial charge in [-0.1, -0.05) is 42.5 Å². The summed E-state index contributed by atoms with van der Waals surface area (Å²) in [6.07, 6.45) is 7.44. The van der Waals surface area contributed by atoms with Crippen molar-refractivity contribution in [3.8, 4) is 0 Å². The molecule has 5 rings (SSSR count). The minimum absolute atomic E-state index is 0.0620. The second-order valence-electron chi connectivity index (χ2n) is 7.16. The van der Waals surface area contributed by atoms with Crippen LogP contribution in [0.5, 0.6) is 0 Å². The van der Waals surface area contributed by atoms with Crippen molar-refractivity contribution in [3.63, 3.8) is 0 Å². The number of alkyl halides is 1. The molecular weight excluding hydrogens is 303 g/mol. The number of piperidine rings is 3. The zero-order valence-electron chi connectivity index (χ0n) is 13.7. The maximum Gasteiger partial charge on any atom is 0.227 e. The highest BCUT2D eigenvalue weighted by Crippen LogP contribution is 2.34. The first-order chi connectivity index (χ1) is 11.6. The third-order valence-electron chi connectivity index (χ3n) is 5.58. The largest absolute Gasteiger partial charge is 0.320 e. The Morgan fingerprint density at radius 2 is 1.96 bits per heavy atom. The van der Waals surface area contributed by atoms with E-state index in [0.717, 1.165) is 43.6 Å². The van der Waals surface area contributed by atoms with E-state index in [1.54, 1.807) is 6.08 Å². The van der Waals surface area contributed by atoms with E-state index in [9.17, 15) is 4.79 Å². The van der Waals surface area contributed by atoms with Crippen LogP contribution in [0.25, 0.3) is 5.57 Å². The summed E-state index contributed by atoms with van der Waals surface area (Å²) in [7, 11) is 0. The zero-order chi connectivity index (χ0) is 16.6. The van der Waals surface area contributed by atoms with Gasteiger partial charge in [0.1, 0.15) is 0 Å². The number of hydrogen-bond acceptors (Lipinski definition) is 2. The molecule has 4 aliphatic rings. The molecule has 0 saturated carbocycles. The third kappa shape index (κ3) is 3.03. The Morgan fingerprint density at radius 1 is 1.21 bits per heavy atom. The average Bonchev–Trinajstić information content (AvgIpc) is 2.64. The summed E-state index contributed by atoms with van der Waals surface area (Å²) in [4.78, 5) is 14.9. The van der Waals surface area contributed by atoms with Gasteiger partial charge in [0, 0.05) is 13.0 Å². The van der Waals surface area contributed by atoms with Gasteiger partial charge in [-0.25, -0.2) is 4.39 Å². The van der Waals surface area contributed by atoms with Crippen molar-refractivity contribution in [2.45, 2.75) is 25.1 Å². The average molecular weight is 326 g/mol. The molecule has 126 valence electrons. The molecule has 2 bridgehead atoms. The molecule has 1 aromatic rings. The first-order valence-corrected chi connectivity index (χ1v) is 8.81. The summed E-state index contributed by atoms with van der Waals surface area (Å²) in [6.45, 7) is 2.94. The molecule has 0 spiro atoms. The van der Waals surface area contributed by atoms with Crippen LogP contribution in [-0.4, -0.2) is 36.2 Å². The fourth-order valence-corrected chi connectivity index (χ4v) is 4.11. The number of nitrogens with one attached hydrogen (secondary N) is 1. The molecule has 3 fully saturated rings. The van der Waals surface area contributed by atoms with Crippen LogP contribution >= 0.6 is 0 Å². The van der Waals surface area contributed by atoms with E-state index >= 15 is 4.39 Å². The van der Waals surface area contributed by atoms with Crippen LogP contribution < -0.4 is 5.32 Å². The normalized spacial score (nSPS) is 34.7. The van der Waals surface area contributed by atoms with Crippen molar-refractivity contribution in [2.75, 3.05) is 19.6 Å². The van der Waals surface area contributed by atoms with Crippen LogP contribution in [0.15, 0.2) is 48.6 Å². The first kappa shape index (κ1) is 15.6. The molecule has 3 aliphatic heterocycles. The van der Waals surface area contributed by atoms with Gasteiger partial charge in [-0.3, -0.25) is 4.79 Å². The van der Waals surface area contributed by atoms with Crippen LogP contribution in [0.2, 0.25) is 0 Å². The molecule has 3 nitrogen and oxygen atoms in total. The lowest BCUT2D eigenvalue weighted by Gasteiger charge is -2.44. The van der Waals surface area contributed by atoms with Gasteiger partial charge in [0.2, 0.25) is 11.7 Å². The number of carbonyl (C=O) groups excluding carboxylic acids is 1. The predicted molar refractivity (Wildman–Crippen MR) is 92.8 cm³/mol. The van der Waals surface area contributed by atoms with E-state index in [1.807, 2.05) is 36.4 Å². The number of fused-ring (bicyclic) bond motifs is 3. The highest BCUT2D eigenvalue weighted by molar-refractivity contribution is 5.81. The second-order valence-corrected chi connectivity index (χ2v) is 7.16. The number of hydrogen-bond donors (Lipinski definition) is 1. The van der Waals surface area contributed by atoms with Gasteiger partial charge in [0.15, 0.2) is 0 Å². The molecule has 1 aliphatic carbocycles. The standard InChI is InChI=1S/C20H23FN2O/c21-20(10-6-16(7-11-20)15-4-2-1-3-5-15)22-19(24)18-14-23-12-8-17(18)9-13-23/h1-7,10,17-18H,8-9,11-14H2,(H,22,24). The van der Waals surface area contributed by atoms with Crippen molar-refractivity contribution in [1.82, 2.24) is 10.2 Å². The Labute approximate surface area is 142 Å². The van der Waals surface area contributed by atoms with E-state index in [1.165, 1.54) is 6.08 Å². The molecule has 3 saturated heterocycles. The number of amides is 1. The van der Waals surface area contributed by atoms with E-state index < -0.39 is 5.79 Å². The number of halogens is 1. The van der Waals surface area contributed by atoms with Gasteiger partial charge in [-0.2, -0.15) is 0 Å². The Bertz CT molecular complexity index is 676. The quantitative estimate of drug-likeness (QED) is 0.866. The second kappa shape index (κ2) is 6.17. The highest BCUT2D eigenvalue weighted by Gasteiger charge is 2.41. The Morgan fingerprint density at radius 3 is 2.54 bits per heavy atom. The van der Waals surface area contributed by atoms with Crippen molar-refractivity contribution in [2.24, 2.45) is 11.8 Å². The summed E-state index contributed by atoms with van der Waals surface area (Å²) in [5, 5.41) is 2.66. The summed E-state index contributed by atoms with van der Waals surface area (Å²) >= 11 is 0. The molecule has 4 heteroatoms. The minimum atomic E-state index is -1.76. The fourth-order valence-electron chi connectivity index (χ4n) is 4.11. The lowest BCUT2D eigenvalue weighted by molar-refractivity contribution is -0.134. The van der Waals surface area contributed by atoms with Gasteiger partial charge < -0.3 is 10.2 Å². The Balaban J connectivity index is 1.41. The summed E-state index contributed by atoms with van der Waals surface area (Å²) in [5.41, 5.74) is 2.07. The van der Waals surface area contributed by atoms with E-state index in [0.29, 0.717) is 5.92 Å². The number of carbonyl (C=O) groups is 1. The van der Waals surface area contributed by atoms with Gasteiger partial charge >= 0.3 is 0 Å². The monoisotopic (exact) mass is 326 g/mol. The van der Waals surface area contributed by atoms with Crippen LogP contribution in [0.3, 0.4) is 0 Å². The molecule has 0 aromatic heterocycles. The molecule has 24 heavy (non-hydrogen) atoms. The number of benzene rings is 1. The molecule has 1 amide bonds. The molecule has 1 N–H and O–H groups in total. The number of allylic oxidation sites excluding steroid dienone is 2. The number of rotatable bonds is 3. The van der Waals surface area contributed by atoms with Crippen molar-refractivity contribution >= 4 is 11.5 Å². The Kier molecular flexibility index (Phi) is 4.01. The van der Waals surface area contributed by atoms with Crippen molar-refractivity contribution in [3.05, 3.63) is 54.1 Å². The predicted octanol–water partition coefficient (Wildman–Crippen LogP) is 3.15. The molecule has 3 heterocycles. The summed E-state index contributed by atoms with van der Waals surface area (Å²) in [6, 6.07) is 9.91. The third-order valence-corrected chi connectivity index (χ3v) is 5.58. The number of nitrogens with zero attached hydrogens (tertiary/aromatic N) is 1. The topological polar surface area (TPSA) is 32.3 Å². The minimum Gasteiger partial charge on any atom is -0.320 e. The smallest absolute Gasteiger partial charge is 0.227 e. The molecular formula is C20H23FN2O. The Hall–Kier alpha value is -1.94. The maximum atomic E-state index is 15.0. The highest BCUT2D eigenvalue weighted by atomic mass is 19.1. The molecule has 2 atom stereocenters. The molecule has 0 radical (unpaired) electrons. The first-order valence-electron chi connectivity index (χ1n) is 8.81. The van der Waals surface area contributed by atoms with Gasteiger partial charge in [0.05, 0.1) is 5.92 Å². The van der Waals surface area contributed by atoms with E-state index in [2.05, 4.69) is 10.2 Å². The fraction of sp³-hybridized carbons (Fsp3) is 0.450. The van der Waals surface area contributed by atoms with Crippen LogP contribution in [0.1, 0.15) is 24.8 Å². The van der Waals surface area contributed by atoms with Gasteiger partial charge in [0.25, 0.3) is 0 Å². The van der Waals surface area contributed by atoms with Gasteiger partial charge in [-0.15, -0.1) is 0 Å². The lowest BCUT2D eigenvalue weighted by atomic mass is 9.78. The van der Waals surface area contributed by atoms with Gasteiger partial charge in [-0.05, 0) is 49.1 Å². The SMILES string of the molecule is O=C(NC1(F)C=CC(c2ccccc2)=CC1)C1CN2CCC1CC2. The van der Waals surface area contributed by atoms with Crippen molar-refractivity contribution < 1.29 is 9.18 Å². The van der Waals surface area contributed by atoms with Crippen LogP contribution in [-0.2, 0) is 4.79 Å². The lowest BCUT2D eigenvalue weighted by Crippen LogP contribution is -2.55. The maximum absolute atomic E-state index is 15.0. The van der Waals surface area contributed by atoms with E-state index in [4.69, 9.17) is 0 Å². The van der Waals surface area contributed by atoms with Crippen LogP contribution in [0.4, 0.5) is 4.39 Å². The van der Waals surface area contributed by atoms with Crippen LogP contribution in [0, 0.1) is 11.8 Å². The summed E-state index contributed by atoms with van der Waals surface area (Å²) < 4.78 is 15.0. The van der Waals surface area contributed by atoms with E-state index in [-0.39, 0.29) is 18.2 Å².